The van der Waals surface area contributed by atoms with Crippen LogP contribution in [0.15, 0.2) is 0 Å². The fraction of sp³-hybridized carbons (Fsp3) is 0.667. The smallest absolute Gasteiger partial charge is 0.410 e. The van der Waals surface area contributed by atoms with Gasteiger partial charge in [-0.25, -0.2) is 14.6 Å². The number of thiazole rings is 1. The minimum atomic E-state index is -0.497. The number of carbonyl (C=O) groups is 2. The van der Waals surface area contributed by atoms with Crippen molar-refractivity contribution < 1.29 is 19.1 Å². The highest BCUT2D eigenvalue weighted by atomic mass is 32.1. The standard InChI is InChI=1S/C15H22N2O4S/c1-5-20-13(18)12-16-10-6-8-17(9-7-11(10)22-12)14(19)21-15(2,3)4/h5-9H2,1-4H3. The number of fused-ring (bicyclic) bond motifs is 1. The Morgan fingerprint density at radius 3 is 2.59 bits per heavy atom. The first-order valence-electron chi connectivity index (χ1n) is 7.44. The molecule has 2 heterocycles. The maximum absolute atomic E-state index is 12.1. The van der Waals surface area contributed by atoms with Crippen molar-refractivity contribution in [2.45, 2.75) is 46.1 Å². The maximum atomic E-state index is 12.1. The highest BCUT2D eigenvalue weighted by Gasteiger charge is 2.26. The van der Waals surface area contributed by atoms with E-state index >= 15 is 0 Å². The average Bonchev–Trinajstić information content (AvgIpc) is 2.71. The molecule has 0 atom stereocenters. The average molecular weight is 326 g/mol. The van der Waals surface area contributed by atoms with Crippen molar-refractivity contribution in [1.82, 2.24) is 9.88 Å². The van der Waals surface area contributed by atoms with Crippen molar-refractivity contribution in [3.05, 3.63) is 15.6 Å². The van der Waals surface area contributed by atoms with Gasteiger partial charge in [0.2, 0.25) is 5.01 Å². The van der Waals surface area contributed by atoms with Crippen LogP contribution >= 0.6 is 11.3 Å². The fourth-order valence-corrected chi connectivity index (χ4v) is 3.14. The zero-order valence-corrected chi connectivity index (χ0v) is 14.3. The van der Waals surface area contributed by atoms with Gasteiger partial charge in [0, 0.05) is 30.8 Å². The van der Waals surface area contributed by atoms with Crippen LogP contribution in [0.3, 0.4) is 0 Å². The van der Waals surface area contributed by atoms with Crippen molar-refractivity contribution in [1.29, 1.82) is 0 Å². The van der Waals surface area contributed by atoms with Crippen molar-refractivity contribution in [2.24, 2.45) is 0 Å². The molecule has 0 spiro atoms. The van der Waals surface area contributed by atoms with Crippen LogP contribution in [0.25, 0.3) is 0 Å². The Kier molecular flexibility index (Phi) is 5.05. The molecule has 22 heavy (non-hydrogen) atoms. The molecule has 0 radical (unpaired) electrons. The number of rotatable bonds is 2. The predicted octanol–water partition coefficient (Wildman–Crippen LogP) is 2.66. The van der Waals surface area contributed by atoms with E-state index < -0.39 is 5.60 Å². The van der Waals surface area contributed by atoms with Crippen LogP contribution in [0.2, 0.25) is 0 Å². The summed E-state index contributed by atoms with van der Waals surface area (Å²) >= 11 is 1.36. The van der Waals surface area contributed by atoms with E-state index in [-0.39, 0.29) is 12.1 Å². The minimum absolute atomic E-state index is 0.298. The van der Waals surface area contributed by atoms with Crippen molar-refractivity contribution in [3.63, 3.8) is 0 Å². The Balaban J connectivity index is 2.01. The van der Waals surface area contributed by atoms with Gasteiger partial charge < -0.3 is 14.4 Å². The van der Waals surface area contributed by atoms with E-state index in [1.54, 1.807) is 11.8 Å². The van der Waals surface area contributed by atoms with Crippen molar-refractivity contribution in [2.75, 3.05) is 19.7 Å². The van der Waals surface area contributed by atoms with E-state index in [1.165, 1.54) is 11.3 Å². The molecule has 0 aromatic carbocycles. The molecule has 0 N–H and O–H groups in total. The number of hydrogen-bond donors (Lipinski definition) is 0. The lowest BCUT2D eigenvalue weighted by molar-refractivity contribution is 0.0258. The van der Waals surface area contributed by atoms with Crippen LogP contribution < -0.4 is 0 Å². The largest absolute Gasteiger partial charge is 0.461 e. The Morgan fingerprint density at radius 2 is 1.95 bits per heavy atom. The molecule has 0 saturated heterocycles. The summed E-state index contributed by atoms with van der Waals surface area (Å²) in [6.45, 7) is 8.80. The van der Waals surface area contributed by atoms with Crippen LogP contribution in [0.4, 0.5) is 4.79 Å². The van der Waals surface area contributed by atoms with Crippen LogP contribution in [0.1, 0.15) is 48.1 Å². The van der Waals surface area contributed by atoms with E-state index in [9.17, 15) is 9.59 Å². The van der Waals surface area contributed by atoms with Gasteiger partial charge in [-0.3, -0.25) is 0 Å². The van der Waals surface area contributed by atoms with Crippen molar-refractivity contribution in [3.8, 4) is 0 Å². The highest BCUT2D eigenvalue weighted by molar-refractivity contribution is 7.13. The van der Waals surface area contributed by atoms with E-state index in [2.05, 4.69) is 4.98 Å². The molecule has 1 aromatic rings. The molecule has 6 nitrogen and oxygen atoms in total. The Hall–Kier alpha value is -1.63. The molecule has 0 bridgehead atoms. The molecule has 122 valence electrons. The number of hydrogen-bond acceptors (Lipinski definition) is 6. The zero-order valence-electron chi connectivity index (χ0n) is 13.5. The normalized spacial score (nSPS) is 15.0. The van der Waals surface area contributed by atoms with Gasteiger partial charge in [0.1, 0.15) is 5.60 Å². The summed E-state index contributed by atoms with van der Waals surface area (Å²) in [5, 5.41) is 0.401. The monoisotopic (exact) mass is 326 g/mol. The third-order valence-corrected chi connectivity index (χ3v) is 4.24. The van der Waals surface area contributed by atoms with Crippen molar-refractivity contribution >= 4 is 23.4 Å². The fourth-order valence-electron chi connectivity index (χ4n) is 2.15. The molecule has 0 fully saturated rings. The van der Waals surface area contributed by atoms with Gasteiger partial charge in [0.15, 0.2) is 0 Å². The molecular weight excluding hydrogens is 304 g/mol. The second-order valence-electron chi connectivity index (χ2n) is 6.08. The highest BCUT2D eigenvalue weighted by Crippen LogP contribution is 2.24. The molecule has 1 aliphatic rings. The topological polar surface area (TPSA) is 68.7 Å². The number of ether oxygens (including phenoxy) is 2. The molecule has 0 unspecified atom stereocenters. The molecule has 1 aliphatic heterocycles. The van der Waals surface area contributed by atoms with Crippen LogP contribution in [-0.4, -0.2) is 47.2 Å². The Bertz CT molecular complexity index is 537. The van der Waals surface area contributed by atoms with Crippen LogP contribution in [-0.2, 0) is 22.3 Å². The van der Waals surface area contributed by atoms with Gasteiger partial charge >= 0.3 is 12.1 Å². The molecule has 2 rings (SSSR count). The molecule has 0 aliphatic carbocycles. The van der Waals surface area contributed by atoms with E-state index in [0.29, 0.717) is 37.5 Å². The molecular formula is C15H22N2O4S. The van der Waals surface area contributed by atoms with E-state index in [1.807, 2.05) is 20.8 Å². The van der Waals surface area contributed by atoms with Gasteiger partial charge in [-0.2, -0.15) is 0 Å². The second kappa shape index (κ2) is 6.64. The summed E-state index contributed by atoms with van der Waals surface area (Å²) < 4.78 is 10.4. The zero-order chi connectivity index (χ0) is 16.3. The summed E-state index contributed by atoms with van der Waals surface area (Å²) in [6, 6.07) is 0. The number of esters is 1. The first-order chi connectivity index (χ1) is 10.3. The first kappa shape index (κ1) is 16.7. The van der Waals surface area contributed by atoms with E-state index in [0.717, 1.165) is 10.6 Å². The van der Waals surface area contributed by atoms with Gasteiger partial charge in [0.25, 0.3) is 0 Å². The third kappa shape index (κ3) is 4.19. The van der Waals surface area contributed by atoms with Gasteiger partial charge in [-0.1, -0.05) is 0 Å². The number of nitrogens with zero attached hydrogens (tertiary/aromatic N) is 2. The summed E-state index contributed by atoms with van der Waals surface area (Å²) in [5.74, 6) is -0.371. The maximum Gasteiger partial charge on any atom is 0.410 e. The van der Waals surface area contributed by atoms with Crippen LogP contribution in [0, 0.1) is 0 Å². The Morgan fingerprint density at radius 1 is 1.27 bits per heavy atom. The van der Waals surface area contributed by atoms with Gasteiger partial charge in [-0.05, 0) is 27.7 Å². The summed E-state index contributed by atoms with van der Waals surface area (Å²) in [6.07, 6.45) is 1.02. The van der Waals surface area contributed by atoms with Crippen LogP contribution in [0.5, 0.6) is 0 Å². The molecule has 0 saturated carbocycles. The SMILES string of the molecule is CCOC(=O)c1nc2c(s1)CCN(C(=O)OC(C)(C)C)CC2. The summed E-state index contributed by atoms with van der Waals surface area (Å²) in [7, 11) is 0. The third-order valence-electron chi connectivity index (χ3n) is 3.11. The lowest BCUT2D eigenvalue weighted by Gasteiger charge is -2.26. The molecule has 7 heteroatoms. The van der Waals surface area contributed by atoms with Gasteiger partial charge in [-0.15, -0.1) is 11.3 Å². The quantitative estimate of drug-likeness (QED) is 0.782. The van der Waals surface area contributed by atoms with Gasteiger partial charge in [0.05, 0.1) is 12.3 Å². The molecule has 1 aromatic heterocycles. The predicted molar refractivity (Wildman–Crippen MR) is 83.3 cm³/mol. The lowest BCUT2D eigenvalue weighted by Crippen LogP contribution is -2.38. The Labute approximate surface area is 134 Å². The number of aromatic nitrogens is 1. The summed E-state index contributed by atoms with van der Waals surface area (Å²) in [4.78, 5) is 30.9. The number of amides is 1. The lowest BCUT2D eigenvalue weighted by atomic mass is 10.2. The number of carbonyl (C=O) groups excluding carboxylic acids is 2. The molecule has 1 amide bonds. The second-order valence-corrected chi connectivity index (χ2v) is 7.16. The minimum Gasteiger partial charge on any atom is -0.461 e. The first-order valence-corrected chi connectivity index (χ1v) is 8.25. The van der Waals surface area contributed by atoms with E-state index in [4.69, 9.17) is 9.47 Å². The summed E-state index contributed by atoms with van der Waals surface area (Å²) in [5.41, 5.74) is 0.392.